The van der Waals surface area contributed by atoms with E-state index in [-0.39, 0.29) is 5.91 Å². The van der Waals surface area contributed by atoms with Crippen LogP contribution in [0.15, 0.2) is 35.8 Å². The molecular formula is C19H21N3O2S. The lowest BCUT2D eigenvalue weighted by molar-refractivity contribution is 0.0922. The Hall–Kier alpha value is -2.34. The Morgan fingerprint density at radius 3 is 2.72 bits per heavy atom. The molecule has 1 aromatic carbocycles. The summed E-state index contributed by atoms with van der Waals surface area (Å²) in [5.41, 5.74) is 2.54. The second kappa shape index (κ2) is 6.88. The summed E-state index contributed by atoms with van der Waals surface area (Å²) in [6.07, 6.45) is 7.79. The molecule has 0 aliphatic heterocycles. The predicted octanol–water partition coefficient (Wildman–Crippen LogP) is 4.13. The van der Waals surface area contributed by atoms with Gasteiger partial charge in [-0.3, -0.25) is 9.20 Å². The SMILES string of the molecule is COc1ccc(-c2cn3c(C(=O)NC4CCCCC4)csc3n2)cc1. The van der Waals surface area contributed by atoms with Gasteiger partial charge in [0.25, 0.3) is 5.91 Å². The van der Waals surface area contributed by atoms with Crippen LogP contribution in [0.5, 0.6) is 5.75 Å². The first-order chi connectivity index (χ1) is 12.2. The number of ether oxygens (including phenoxy) is 1. The highest BCUT2D eigenvalue weighted by molar-refractivity contribution is 7.15. The summed E-state index contributed by atoms with van der Waals surface area (Å²) >= 11 is 1.49. The summed E-state index contributed by atoms with van der Waals surface area (Å²) in [5, 5.41) is 5.07. The van der Waals surface area contributed by atoms with E-state index in [0.29, 0.717) is 11.7 Å². The van der Waals surface area contributed by atoms with Crippen molar-refractivity contribution >= 4 is 22.2 Å². The van der Waals surface area contributed by atoms with E-state index in [1.54, 1.807) is 7.11 Å². The maximum absolute atomic E-state index is 12.6. The number of aromatic nitrogens is 2. The molecule has 3 aromatic rings. The van der Waals surface area contributed by atoms with Crippen molar-refractivity contribution < 1.29 is 9.53 Å². The van der Waals surface area contributed by atoms with Crippen molar-refractivity contribution in [3.05, 3.63) is 41.5 Å². The van der Waals surface area contributed by atoms with Gasteiger partial charge in [-0.1, -0.05) is 19.3 Å². The highest BCUT2D eigenvalue weighted by Crippen LogP contribution is 2.26. The Kier molecular flexibility index (Phi) is 4.44. The van der Waals surface area contributed by atoms with Crippen molar-refractivity contribution in [1.29, 1.82) is 0 Å². The number of nitrogens with one attached hydrogen (secondary N) is 1. The number of nitrogens with zero attached hydrogens (tertiary/aromatic N) is 2. The molecular weight excluding hydrogens is 334 g/mol. The van der Waals surface area contributed by atoms with Crippen LogP contribution in [0.1, 0.15) is 42.6 Å². The first-order valence-electron chi connectivity index (χ1n) is 8.66. The molecule has 0 bridgehead atoms. The molecule has 1 saturated carbocycles. The zero-order valence-corrected chi connectivity index (χ0v) is 15.0. The van der Waals surface area contributed by atoms with Gasteiger partial charge in [0.05, 0.1) is 12.8 Å². The first kappa shape index (κ1) is 16.1. The number of thiazole rings is 1. The Morgan fingerprint density at radius 1 is 1.24 bits per heavy atom. The number of benzene rings is 1. The number of carbonyl (C=O) groups excluding carboxylic acids is 1. The normalized spacial score (nSPS) is 15.4. The van der Waals surface area contributed by atoms with E-state index < -0.39 is 0 Å². The van der Waals surface area contributed by atoms with Crippen LogP contribution in [0.4, 0.5) is 0 Å². The molecule has 0 saturated heterocycles. The lowest BCUT2D eigenvalue weighted by Crippen LogP contribution is -2.36. The minimum absolute atomic E-state index is 0.00293. The van der Waals surface area contributed by atoms with Gasteiger partial charge >= 0.3 is 0 Å². The number of imidazole rings is 1. The summed E-state index contributed by atoms with van der Waals surface area (Å²) in [6.45, 7) is 0. The summed E-state index contributed by atoms with van der Waals surface area (Å²) in [5.74, 6) is 0.814. The van der Waals surface area contributed by atoms with Crippen molar-refractivity contribution in [2.45, 2.75) is 38.1 Å². The zero-order chi connectivity index (χ0) is 17.2. The minimum Gasteiger partial charge on any atom is -0.497 e. The quantitative estimate of drug-likeness (QED) is 0.765. The molecule has 1 aliphatic rings. The van der Waals surface area contributed by atoms with E-state index in [4.69, 9.17) is 4.74 Å². The third kappa shape index (κ3) is 3.26. The van der Waals surface area contributed by atoms with Gasteiger partial charge in [0.2, 0.25) is 0 Å². The molecule has 4 rings (SSSR count). The van der Waals surface area contributed by atoms with Crippen LogP contribution in [0, 0.1) is 0 Å². The van der Waals surface area contributed by atoms with E-state index >= 15 is 0 Å². The molecule has 5 nitrogen and oxygen atoms in total. The lowest BCUT2D eigenvalue weighted by atomic mass is 9.95. The first-order valence-corrected chi connectivity index (χ1v) is 9.54. The van der Waals surface area contributed by atoms with Crippen molar-refractivity contribution in [1.82, 2.24) is 14.7 Å². The van der Waals surface area contributed by atoms with Crippen LogP contribution in [-0.2, 0) is 0 Å². The van der Waals surface area contributed by atoms with Gasteiger partial charge in [0.15, 0.2) is 4.96 Å². The number of carbonyl (C=O) groups is 1. The zero-order valence-electron chi connectivity index (χ0n) is 14.2. The molecule has 6 heteroatoms. The fraction of sp³-hybridized carbons (Fsp3) is 0.368. The van der Waals surface area contributed by atoms with Gasteiger partial charge in [-0.05, 0) is 37.1 Å². The van der Waals surface area contributed by atoms with Crippen molar-refractivity contribution in [3.63, 3.8) is 0 Å². The predicted molar refractivity (Wildman–Crippen MR) is 99.4 cm³/mol. The minimum atomic E-state index is -0.00293. The molecule has 1 aliphatic carbocycles. The lowest BCUT2D eigenvalue weighted by Gasteiger charge is -2.22. The van der Waals surface area contributed by atoms with Gasteiger partial charge in [-0.25, -0.2) is 4.98 Å². The Labute approximate surface area is 150 Å². The molecule has 25 heavy (non-hydrogen) atoms. The van der Waals surface area contributed by atoms with Crippen LogP contribution < -0.4 is 10.1 Å². The van der Waals surface area contributed by atoms with Crippen molar-refractivity contribution in [3.8, 4) is 17.0 Å². The Bertz CT molecular complexity index is 876. The molecule has 0 atom stereocenters. The molecule has 0 unspecified atom stereocenters. The topological polar surface area (TPSA) is 55.6 Å². The molecule has 1 fully saturated rings. The van der Waals surface area contributed by atoms with Gasteiger partial charge < -0.3 is 10.1 Å². The van der Waals surface area contributed by atoms with E-state index in [1.807, 2.05) is 40.2 Å². The van der Waals surface area contributed by atoms with Crippen LogP contribution in [-0.4, -0.2) is 28.4 Å². The van der Waals surface area contributed by atoms with E-state index in [0.717, 1.165) is 34.8 Å². The molecule has 1 amide bonds. The summed E-state index contributed by atoms with van der Waals surface area (Å²) in [4.78, 5) is 18.1. The van der Waals surface area contributed by atoms with Gasteiger partial charge in [0.1, 0.15) is 11.4 Å². The molecule has 1 N–H and O–H groups in total. The van der Waals surface area contributed by atoms with Gasteiger partial charge in [-0.15, -0.1) is 11.3 Å². The van der Waals surface area contributed by atoms with E-state index in [1.165, 1.54) is 30.6 Å². The highest BCUT2D eigenvalue weighted by Gasteiger charge is 2.20. The standard InChI is InChI=1S/C19H21N3O2S/c1-24-15-9-7-13(8-10-15)16-11-22-17(12-25-19(22)21-16)18(23)20-14-5-3-2-4-6-14/h7-12,14H,2-6H2,1H3,(H,20,23). The fourth-order valence-electron chi connectivity index (χ4n) is 3.35. The maximum Gasteiger partial charge on any atom is 0.269 e. The Balaban J connectivity index is 1.58. The second-order valence-electron chi connectivity index (χ2n) is 6.44. The van der Waals surface area contributed by atoms with Crippen molar-refractivity contribution in [2.75, 3.05) is 7.11 Å². The van der Waals surface area contributed by atoms with Gasteiger partial charge in [-0.2, -0.15) is 0 Å². The molecule has 2 heterocycles. The molecule has 0 spiro atoms. The van der Waals surface area contributed by atoms with Crippen LogP contribution in [0.25, 0.3) is 16.2 Å². The number of methoxy groups -OCH3 is 1. The van der Waals surface area contributed by atoms with Crippen LogP contribution >= 0.6 is 11.3 Å². The number of fused-ring (bicyclic) bond motifs is 1. The number of rotatable bonds is 4. The van der Waals surface area contributed by atoms with Crippen LogP contribution in [0.3, 0.4) is 0 Å². The largest absolute Gasteiger partial charge is 0.497 e. The van der Waals surface area contributed by atoms with Crippen LogP contribution in [0.2, 0.25) is 0 Å². The molecule has 130 valence electrons. The summed E-state index contributed by atoms with van der Waals surface area (Å²) in [7, 11) is 1.65. The third-order valence-corrected chi connectivity index (χ3v) is 5.61. The average Bonchev–Trinajstić information content (AvgIpc) is 3.23. The van der Waals surface area contributed by atoms with E-state index in [2.05, 4.69) is 10.3 Å². The Morgan fingerprint density at radius 2 is 2.00 bits per heavy atom. The highest BCUT2D eigenvalue weighted by atomic mass is 32.1. The third-order valence-electron chi connectivity index (χ3n) is 4.77. The van der Waals surface area contributed by atoms with Gasteiger partial charge in [0, 0.05) is 23.2 Å². The van der Waals surface area contributed by atoms with Crippen molar-refractivity contribution in [2.24, 2.45) is 0 Å². The smallest absolute Gasteiger partial charge is 0.269 e. The number of hydrogen-bond acceptors (Lipinski definition) is 4. The van der Waals surface area contributed by atoms with E-state index in [9.17, 15) is 4.79 Å². The maximum atomic E-state index is 12.6. The fourth-order valence-corrected chi connectivity index (χ4v) is 4.21. The molecule has 0 radical (unpaired) electrons. The summed E-state index contributed by atoms with van der Waals surface area (Å²) in [6, 6.07) is 8.10. The number of hydrogen-bond donors (Lipinski definition) is 1. The monoisotopic (exact) mass is 355 g/mol. The summed E-state index contributed by atoms with van der Waals surface area (Å²) < 4.78 is 7.09. The average molecular weight is 355 g/mol. The second-order valence-corrected chi connectivity index (χ2v) is 7.27. The molecule has 2 aromatic heterocycles. The number of amides is 1.